The molecule has 13 heterocycles. The Morgan fingerprint density at radius 3 is 1.47 bits per heavy atom. The highest BCUT2D eigenvalue weighted by Crippen LogP contribution is 2.44. The van der Waals surface area contributed by atoms with Gasteiger partial charge in [-0.05, 0) is 236 Å². The van der Waals surface area contributed by atoms with Crippen LogP contribution < -0.4 is 25.4 Å². The van der Waals surface area contributed by atoms with Crippen LogP contribution in [0.15, 0.2) is 230 Å². The molecule has 7 aromatic heterocycles. The summed E-state index contributed by atoms with van der Waals surface area (Å²) in [5.74, 6) is 3.19. The van der Waals surface area contributed by atoms with Gasteiger partial charge in [-0.1, -0.05) is 92.3 Å². The molecular formula is C106H119N21O8. The molecule has 11 aromatic rings. The number of allylic oxidation sites excluding steroid dienone is 9. The van der Waals surface area contributed by atoms with Crippen molar-refractivity contribution >= 4 is 90.8 Å². The fraction of sp³-hybridized carbons (Fsp3) is 0.377. The van der Waals surface area contributed by atoms with E-state index in [0.717, 1.165) is 179 Å². The smallest absolute Gasteiger partial charge is 0.237 e. The van der Waals surface area contributed by atoms with Gasteiger partial charge in [0.05, 0.1) is 66.6 Å². The monoisotopic (exact) mass is 1810 g/mol. The van der Waals surface area contributed by atoms with Gasteiger partial charge in [0.15, 0.2) is 5.82 Å². The van der Waals surface area contributed by atoms with Crippen molar-refractivity contribution in [3.05, 3.63) is 242 Å². The zero-order valence-electron chi connectivity index (χ0n) is 77.7. The van der Waals surface area contributed by atoms with Crippen molar-refractivity contribution in [2.75, 3.05) is 149 Å². The Hall–Kier alpha value is -13.7. The molecule has 5 fully saturated rings. The number of nitrogens with zero attached hydrogens (tertiary/aromatic N) is 15. The molecule has 3 atom stereocenters. The minimum atomic E-state index is -0.647. The molecular weight excluding hydrogens is 1700 g/mol. The predicted molar refractivity (Wildman–Crippen MR) is 527 cm³/mol. The number of rotatable bonds is 28. The number of likely N-dealkylation sites (tertiary alicyclic amines) is 4. The first-order valence-corrected chi connectivity index (χ1v) is 47.4. The van der Waals surface area contributed by atoms with Crippen LogP contribution in [0.5, 0.6) is 11.8 Å². The van der Waals surface area contributed by atoms with Crippen LogP contribution in [0.4, 0.5) is 17.1 Å². The number of piperidine rings is 1. The van der Waals surface area contributed by atoms with Crippen LogP contribution in [0, 0.1) is 22.2 Å². The largest absolute Gasteiger partial charge is 0.481 e. The van der Waals surface area contributed by atoms with Crippen molar-refractivity contribution in [2.24, 2.45) is 22.2 Å². The maximum atomic E-state index is 14.1. The van der Waals surface area contributed by atoms with E-state index < -0.39 is 16.2 Å². The summed E-state index contributed by atoms with van der Waals surface area (Å²) < 4.78 is 10.6. The number of methoxy groups -OCH3 is 2. The van der Waals surface area contributed by atoms with E-state index in [9.17, 15) is 28.8 Å². The number of ether oxygens (including phenoxy) is 2. The number of hydrogen-bond acceptors (Lipinski definition) is 20. The standard InChI is InChI=1S/C40H43N9O2.C33H40N6O3.C33H36N6O3/c1-47(2)25-40(39(51)44-32-10-11-34-33(23-32)37(46-45-34)31-12-18-41-35(22-31)29-6-7-29)15-21-48(26-40)24-36(50)49-19-13-28(14-20-49)27-4-8-30(9-5-27)38-42-16-3-17-43-38;2*1-3-13-33(14-18-38(22-33)21-30(40)39-16-11-24(12-17-39)23-6-4-5-7-23)32(41)35-26-8-9-28-27(20-26)31(37-36-28)25-10-15-34-29(19-25)42-2/h3-5,8-13,16-18,22-23,29H,6-7,14-15,19-21,24-26H2,1-2H3,(H,44,51)(H,45,46);4,6-10,15,19-20,24H,3,5,11-14,16-18,21-22H2,1-2H3,(H,35,41)(H,36,37);3-6,8-11,15,19-20H,1,7,12-14,16-18,21-22H2,2H3,(H,35,41)(H,36,37). The Bertz CT molecular complexity index is 6430. The topological polar surface area (TPSA) is 330 Å². The van der Waals surface area contributed by atoms with Crippen molar-refractivity contribution in [3.8, 4) is 56.9 Å². The summed E-state index contributed by atoms with van der Waals surface area (Å²) in [5.41, 5.74) is 16.8. The van der Waals surface area contributed by atoms with E-state index in [-0.39, 0.29) is 35.4 Å². The molecule has 0 radical (unpaired) electrons. The Morgan fingerprint density at radius 1 is 0.496 bits per heavy atom. The van der Waals surface area contributed by atoms with Gasteiger partial charge < -0.3 is 45.0 Å². The van der Waals surface area contributed by atoms with Crippen LogP contribution >= 0.6 is 0 Å². The molecule has 0 spiro atoms. The number of fused-ring (bicyclic) bond motifs is 3. The van der Waals surface area contributed by atoms with Crippen molar-refractivity contribution in [1.82, 2.24) is 89.8 Å². The molecule has 3 unspecified atom stereocenters. The molecule has 29 heteroatoms. The summed E-state index contributed by atoms with van der Waals surface area (Å²) in [6.45, 7) is 15.7. The number of H-pyrrole nitrogens is 3. The molecule has 9 aliphatic rings. The second-order valence-electron chi connectivity index (χ2n) is 37.6. The fourth-order valence-corrected chi connectivity index (χ4v) is 20.7. The number of aromatic nitrogens is 11. The lowest BCUT2D eigenvalue weighted by Gasteiger charge is -2.34. The lowest BCUT2D eigenvalue weighted by molar-refractivity contribution is -0.134. The predicted octanol–water partition coefficient (Wildman–Crippen LogP) is 15.5. The Labute approximate surface area is 786 Å². The average molecular weight is 1820 g/mol. The first-order valence-electron chi connectivity index (χ1n) is 47.4. The second kappa shape index (κ2) is 41.0. The molecule has 0 bridgehead atoms. The highest BCUT2D eigenvalue weighted by atomic mass is 16.5. The fourth-order valence-electron chi connectivity index (χ4n) is 20.7. The number of anilines is 3. The van der Waals surface area contributed by atoms with Crippen molar-refractivity contribution in [3.63, 3.8) is 0 Å². The van der Waals surface area contributed by atoms with E-state index in [1.165, 1.54) is 35.1 Å². The van der Waals surface area contributed by atoms with Crippen LogP contribution in [0.2, 0.25) is 0 Å². The molecule has 29 nitrogen and oxygen atoms in total. The third kappa shape index (κ3) is 21.0. The van der Waals surface area contributed by atoms with E-state index in [4.69, 9.17) is 9.47 Å². The summed E-state index contributed by atoms with van der Waals surface area (Å²) in [4.78, 5) is 118. The van der Waals surface area contributed by atoms with Crippen molar-refractivity contribution in [1.29, 1.82) is 0 Å². The van der Waals surface area contributed by atoms with Gasteiger partial charge in [-0.2, -0.15) is 15.3 Å². The molecule has 4 saturated heterocycles. The second-order valence-corrected chi connectivity index (χ2v) is 37.6. The van der Waals surface area contributed by atoms with Gasteiger partial charge in [-0.15, -0.1) is 6.58 Å². The number of pyridine rings is 3. The summed E-state index contributed by atoms with van der Waals surface area (Å²) in [6.07, 6.45) is 40.6. The molecule has 1 saturated carbocycles. The number of aromatic amines is 3. The average Bonchev–Trinajstić information content (AvgIpc) is 1.65. The van der Waals surface area contributed by atoms with E-state index in [1.807, 2.05) is 144 Å². The number of hydrogen-bond donors (Lipinski definition) is 6. The van der Waals surface area contributed by atoms with Gasteiger partial charge in [0.1, 0.15) is 17.1 Å². The molecule has 135 heavy (non-hydrogen) atoms. The van der Waals surface area contributed by atoms with Crippen LogP contribution in [-0.2, 0) is 28.8 Å². The highest BCUT2D eigenvalue weighted by Gasteiger charge is 2.48. The molecule has 20 rings (SSSR count). The van der Waals surface area contributed by atoms with Gasteiger partial charge in [-0.25, -0.2) is 19.9 Å². The summed E-state index contributed by atoms with van der Waals surface area (Å²) in [7, 11) is 7.16. The van der Waals surface area contributed by atoms with E-state index in [2.05, 4.69) is 171 Å². The number of nitrogens with one attached hydrogen (secondary N) is 6. The number of carbonyl (C=O) groups is 6. The first kappa shape index (κ1) is 91.7. The van der Waals surface area contributed by atoms with E-state index >= 15 is 0 Å². The third-order valence-electron chi connectivity index (χ3n) is 28.2. The van der Waals surface area contributed by atoms with Crippen LogP contribution in [-0.4, -0.2) is 258 Å². The van der Waals surface area contributed by atoms with Gasteiger partial charge in [0.2, 0.25) is 47.2 Å². The SMILES string of the molecule is C=CCC1(C(=O)Nc2ccc3[nH]nc(-c4ccnc(OC)c4)c3c2)CCN(CC(=O)N2CC=C(C3=CC=CC3)CC2)C1.CCCC1(C(=O)Nc2ccc3[nH]nc(-c4ccnc(OC)c4)c3c2)CCN(CC(=O)N2CCC(C3=CCC=C3)CC2)C1.CN(C)CC1(C(=O)Nc2ccc3[nH]nc(-c4ccnc(C5CC5)c4)c3c2)CCN(CC(=O)N2CC=C(c3ccc(-c4ncccn4)cc3)CC2)C1. The maximum absolute atomic E-state index is 14.1. The van der Waals surface area contributed by atoms with Gasteiger partial charge in [0, 0.05) is 176 Å². The first-order chi connectivity index (χ1) is 65.8. The quantitative estimate of drug-likeness (QED) is 0.0248. The summed E-state index contributed by atoms with van der Waals surface area (Å²) >= 11 is 0. The zero-order chi connectivity index (χ0) is 93.2. The number of benzene rings is 4. The molecule has 6 amide bonds. The van der Waals surface area contributed by atoms with Gasteiger partial charge in [-0.3, -0.25) is 63.7 Å². The summed E-state index contributed by atoms with van der Waals surface area (Å²) in [6, 6.07) is 39.1. The van der Waals surface area contributed by atoms with Crippen molar-refractivity contribution < 1.29 is 38.2 Å². The lowest BCUT2D eigenvalue weighted by atomic mass is 9.81. The normalized spacial score (nSPS) is 20.3. The minimum Gasteiger partial charge on any atom is -0.481 e. The van der Waals surface area contributed by atoms with E-state index in [0.29, 0.717) is 133 Å². The van der Waals surface area contributed by atoms with E-state index in [1.54, 1.807) is 39.0 Å². The van der Waals surface area contributed by atoms with Crippen molar-refractivity contribution in [2.45, 2.75) is 103 Å². The molecule has 4 aromatic carbocycles. The Kier molecular flexibility index (Phi) is 27.9. The van der Waals surface area contributed by atoms with Crippen LogP contribution in [0.3, 0.4) is 0 Å². The minimum absolute atomic E-state index is 0.0213. The maximum Gasteiger partial charge on any atom is 0.237 e. The Balaban J connectivity index is 0.000000136. The molecule has 3 aliphatic carbocycles. The summed E-state index contributed by atoms with van der Waals surface area (Å²) in [5, 5.41) is 35.3. The number of amides is 6. The van der Waals surface area contributed by atoms with Gasteiger partial charge in [0.25, 0.3) is 0 Å². The molecule has 6 aliphatic heterocycles. The lowest BCUT2D eigenvalue weighted by Crippen LogP contribution is -2.47. The number of carbonyl (C=O) groups excluding carboxylic acids is 6. The molecule has 696 valence electrons. The van der Waals surface area contributed by atoms with Crippen LogP contribution in [0.25, 0.3) is 83.4 Å². The van der Waals surface area contributed by atoms with Gasteiger partial charge >= 0.3 is 0 Å². The highest BCUT2D eigenvalue weighted by molar-refractivity contribution is 6.04. The Morgan fingerprint density at radius 2 is 0.985 bits per heavy atom. The molecule has 6 N–H and O–H groups in total. The van der Waals surface area contributed by atoms with Crippen LogP contribution in [0.1, 0.15) is 114 Å². The zero-order valence-corrected chi connectivity index (χ0v) is 77.7. The third-order valence-corrected chi connectivity index (χ3v) is 28.2.